The normalized spacial score (nSPS) is 11.8. The number of aromatic carboxylic acids is 1. The van der Waals surface area contributed by atoms with Crippen LogP contribution in [0.2, 0.25) is 0 Å². The van der Waals surface area contributed by atoms with Crippen molar-refractivity contribution in [3.8, 4) is 5.75 Å². The molecule has 0 saturated carbocycles. The number of benzene rings is 1. The molecule has 110 valence electrons. The Morgan fingerprint density at radius 1 is 1.45 bits per heavy atom. The highest BCUT2D eigenvalue weighted by atomic mass is 16.5. The van der Waals surface area contributed by atoms with Crippen LogP contribution in [-0.2, 0) is 4.79 Å². The average molecular weight is 280 g/mol. The summed E-state index contributed by atoms with van der Waals surface area (Å²) in [4.78, 5) is 23.0. The molecule has 0 bridgehead atoms. The van der Waals surface area contributed by atoms with Crippen LogP contribution in [0.25, 0.3) is 0 Å². The van der Waals surface area contributed by atoms with Gasteiger partial charge in [-0.05, 0) is 24.6 Å². The minimum Gasteiger partial charge on any atom is -0.495 e. The average Bonchev–Trinajstić information content (AvgIpc) is 2.44. The molecule has 1 unspecified atom stereocenters. The van der Waals surface area contributed by atoms with Gasteiger partial charge in [0, 0.05) is 6.54 Å². The maximum absolute atomic E-state index is 12.1. The molecule has 0 saturated heterocycles. The summed E-state index contributed by atoms with van der Waals surface area (Å²) in [6, 6.07) is 4.30. The first kappa shape index (κ1) is 16.0. The van der Waals surface area contributed by atoms with Crippen LogP contribution in [-0.4, -0.2) is 30.6 Å². The third-order valence-electron chi connectivity index (χ3n) is 3.00. The highest BCUT2D eigenvalue weighted by molar-refractivity contribution is 5.96. The summed E-state index contributed by atoms with van der Waals surface area (Å²) in [6.07, 6.45) is 1.53. The summed E-state index contributed by atoms with van der Waals surface area (Å²) >= 11 is 0. The Hall–Kier alpha value is -2.08. The van der Waals surface area contributed by atoms with E-state index < -0.39 is 5.97 Å². The van der Waals surface area contributed by atoms with Crippen molar-refractivity contribution >= 4 is 17.6 Å². The molecule has 1 atom stereocenters. The van der Waals surface area contributed by atoms with Crippen LogP contribution in [0.15, 0.2) is 18.2 Å². The lowest BCUT2D eigenvalue weighted by atomic mass is 10.0. The van der Waals surface area contributed by atoms with Crippen LogP contribution in [0.4, 0.5) is 5.69 Å². The van der Waals surface area contributed by atoms with Gasteiger partial charge in [0.1, 0.15) is 5.75 Å². The SMILES string of the molecule is CCCC(CN)C(=O)Nc1cc(C(=O)O)ccc1OC. The largest absolute Gasteiger partial charge is 0.495 e. The summed E-state index contributed by atoms with van der Waals surface area (Å²) in [5, 5.41) is 11.7. The van der Waals surface area contributed by atoms with Gasteiger partial charge < -0.3 is 20.9 Å². The first-order valence-corrected chi connectivity index (χ1v) is 6.45. The molecule has 0 aliphatic heterocycles. The summed E-state index contributed by atoms with van der Waals surface area (Å²) in [6.45, 7) is 2.22. The second-order valence-corrected chi connectivity index (χ2v) is 4.43. The van der Waals surface area contributed by atoms with E-state index in [1.54, 1.807) is 0 Å². The molecular formula is C14H20N2O4. The van der Waals surface area contributed by atoms with E-state index in [4.69, 9.17) is 15.6 Å². The number of carboxylic acid groups (broad SMARTS) is 1. The van der Waals surface area contributed by atoms with E-state index in [-0.39, 0.29) is 23.9 Å². The number of carbonyl (C=O) groups is 2. The van der Waals surface area contributed by atoms with Gasteiger partial charge in [-0.15, -0.1) is 0 Å². The predicted octanol–water partition coefficient (Wildman–Crippen LogP) is 1.71. The standard InChI is InChI=1S/C14H20N2O4/c1-3-4-10(8-15)13(17)16-11-7-9(14(18)19)5-6-12(11)20-2/h5-7,10H,3-4,8,15H2,1-2H3,(H,16,17)(H,18,19). The van der Waals surface area contributed by atoms with Gasteiger partial charge in [0.25, 0.3) is 0 Å². The number of methoxy groups -OCH3 is 1. The zero-order valence-electron chi connectivity index (χ0n) is 11.7. The second kappa shape index (κ2) is 7.49. The fraction of sp³-hybridized carbons (Fsp3) is 0.429. The first-order chi connectivity index (χ1) is 9.53. The topological polar surface area (TPSA) is 102 Å². The summed E-state index contributed by atoms with van der Waals surface area (Å²) in [5.74, 6) is -1.17. The van der Waals surface area contributed by atoms with Gasteiger partial charge in [-0.2, -0.15) is 0 Å². The Morgan fingerprint density at radius 2 is 2.15 bits per heavy atom. The lowest BCUT2D eigenvalue weighted by molar-refractivity contribution is -0.119. The zero-order chi connectivity index (χ0) is 15.1. The maximum atomic E-state index is 12.1. The van der Waals surface area contributed by atoms with E-state index in [1.807, 2.05) is 6.92 Å². The fourth-order valence-corrected chi connectivity index (χ4v) is 1.88. The predicted molar refractivity (Wildman–Crippen MR) is 76.0 cm³/mol. The quantitative estimate of drug-likeness (QED) is 0.705. The number of carbonyl (C=O) groups excluding carboxylic acids is 1. The summed E-state index contributed by atoms with van der Waals surface area (Å²) < 4.78 is 5.12. The number of hydrogen-bond acceptors (Lipinski definition) is 4. The maximum Gasteiger partial charge on any atom is 0.335 e. The first-order valence-electron chi connectivity index (χ1n) is 6.45. The second-order valence-electron chi connectivity index (χ2n) is 4.43. The number of ether oxygens (including phenoxy) is 1. The van der Waals surface area contributed by atoms with Crippen LogP contribution in [0, 0.1) is 5.92 Å². The van der Waals surface area contributed by atoms with Gasteiger partial charge in [0.05, 0.1) is 24.3 Å². The van der Waals surface area contributed by atoms with Crippen molar-refractivity contribution in [1.29, 1.82) is 0 Å². The van der Waals surface area contributed by atoms with Gasteiger partial charge in [0.15, 0.2) is 0 Å². The van der Waals surface area contributed by atoms with Crippen LogP contribution in [0.1, 0.15) is 30.1 Å². The Labute approximate surface area is 117 Å². The van der Waals surface area contributed by atoms with Crippen molar-refractivity contribution in [3.63, 3.8) is 0 Å². The van der Waals surface area contributed by atoms with E-state index >= 15 is 0 Å². The summed E-state index contributed by atoms with van der Waals surface area (Å²) in [5.41, 5.74) is 6.00. The fourth-order valence-electron chi connectivity index (χ4n) is 1.88. The van der Waals surface area contributed by atoms with E-state index in [0.29, 0.717) is 17.9 Å². The van der Waals surface area contributed by atoms with E-state index in [9.17, 15) is 9.59 Å². The number of amides is 1. The molecule has 20 heavy (non-hydrogen) atoms. The highest BCUT2D eigenvalue weighted by Crippen LogP contribution is 2.26. The van der Waals surface area contributed by atoms with Gasteiger partial charge in [-0.25, -0.2) is 4.79 Å². The molecule has 1 amide bonds. The van der Waals surface area contributed by atoms with Gasteiger partial charge in [-0.3, -0.25) is 4.79 Å². The van der Waals surface area contributed by atoms with Crippen molar-refractivity contribution in [2.75, 3.05) is 19.0 Å². The molecule has 0 fully saturated rings. The van der Waals surface area contributed by atoms with Gasteiger partial charge >= 0.3 is 5.97 Å². The zero-order valence-corrected chi connectivity index (χ0v) is 11.7. The molecule has 0 spiro atoms. The number of anilines is 1. The molecule has 0 aliphatic rings. The Morgan fingerprint density at radius 3 is 2.65 bits per heavy atom. The lowest BCUT2D eigenvalue weighted by Gasteiger charge is -2.16. The van der Waals surface area contributed by atoms with Crippen molar-refractivity contribution < 1.29 is 19.4 Å². The minimum atomic E-state index is -1.06. The van der Waals surface area contributed by atoms with E-state index in [1.165, 1.54) is 25.3 Å². The Kier molecular flexibility index (Phi) is 5.99. The third kappa shape index (κ3) is 3.96. The van der Waals surface area contributed by atoms with Crippen LogP contribution in [0.5, 0.6) is 5.75 Å². The molecule has 6 heteroatoms. The van der Waals surface area contributed by atoms with Crippen molar-refractivity contribution in [1.82, 2.24) is 0 Å². The Balaban J connectivity index is 2.97. The minimum absolute atomic E-state index is 0.0842. The Bertz CT molecular complexity index is 488. The van der Waals surface area contributed by atoms with Gasteiger partial charge in [-0.1, -0.05) is 13.3 Å². The number of hydrogen-bond donors (Lipinski definition) is 3. The lowest BCUT2D eigenvalue weighted by Crippen LogP contribution is -2.29. The number of rotatable bonds is 7. The monoisotopic (exact) mass is 280 g/mol. The molecule has 1 aromatic rings. The smallest absolute Gasteiger partial charge is 0.335 e. The molecule has 6 nitrogen and oxygen atoms in total. The molecular weight excluding hydrogens is 260 g/mol. The highest BCUT2D eigenvalue weighted by Gasteiger charge is 2.18. The molecule has 0 radical (unpaired) electrons. The molecule has 1 aromatic carbocycles. The van der Waals surface area contributed by atoms with E-state index in [0.717, 1.165) is 6.42 Å². The molecule has 0 aromatic heterocycles. The molecule has 0 heterocycles. The summed E-state index contributed by atoms with van der Waals surface area (Å²) in [7, 11) is 1.46. The molecule has 1 rings (SSSR count). The molecule has 0 aliphatic carbocycles. The van der Waals surface area contributed by atoms with Crippen molar-refractivity contribution in [3.05, 3.63) is 23.8 Å². The number of nitrogens with two attached hydrogens (primary N) is 1. The number of carboxylic acids is 1. The van der Waals surface area contributed by atoms with Crippen LogP contribution in [0.3, 0.4) is 0 Å². The van der Waals surface area contributed by atoms with Crippen LogP contribution >= 0.6 is 0 Å². The number of nitrogens with one attached hydrogen (secondary N) is 1. The third-order valence-corrected chi connectivity index (χ3v) is 3.00. The van der Waals surface area contributed by atoms with Crippen LogP contribution < -0.4 is 15.8 Å². The van der Waals surface area contributed by atoms with E-state index in [2.05, 4.69) is 5.32 Å². The van der Waals surface area contributed by atoms with Gasteiger partial charge in [0.2, 0.25) is 5.91 Å². The van der Waals surface area contributed by atoms with Crippen molar-refractivity contribution in [2.45, 2.75) is 19.8 Å². The molecule has 4 N–H and O–H groups in total. The van der Waals surface area contributed by atoms with Crippen molar-refractivity contribution in [2.24, 2.45) is 11.7 Å².